The van der Waals surface area contributed by atoms with Gasteiger partial charge in [0.15, 0.2) is 0 Å². The molecule has 2 rings (SSSR count). The Kier molecular flexibility index (Phi) is 7.34. The third kappa shape index (κ3) is 5.69. The first-order valence-corrected chi connectivity index (χ1v) is 8.24. The molecule has 132 valence electrons. The third-order valence-corrected chi connectivity index (χ3v) is 4.16. The Morgan fingerprint density at radius 1 is 1.33 bits per heavy atom. The van der Waals surface area contributed by atoms with E-state index in [-0.39, 0.29) is 17.5 Å². The molecule has 0 aromatic heterocycles. The number of methoxy groups -OCH3 is 1. The van der Waals surface area contributed by atoms with Crippen molar-refractivity contribution in [2.45, 2.75) is 25.3 Å². The second-order valence-corrected chi connectivity index (χ2v) is 5.94. The van der Waals surface area contributed by atoms with Crippen LogP contribution in [0.5, 0.6) is 0 Å². The zero-order chi connectivity index (χ0) is 17.4. The van der Waals surface area contributed by atoms with Crippen LogP contribution in [0.2, 0.25) is 0 Å². The van der Waals surface area contributed by atoms with Gasteiger partial charge in [-0.3, -0.25) is 4.79 Å². The number of ether oxygens (including phenoxy) is 1. The highest BCUT2D eigenvalue weighted by molar-refractivity contribution is 5.91. The Hall–Kier alpha value is -1.79. The van der Waals surface area contributed by atoms with Gasteiger partial charge in [0.2, 0.25) is 5.91 Å². The van der Waals surface area contributed by atoms with Crippen LogP contribution in [-0.2, 0) is 9.53 Å². The smallest absolute Gasteiger partial charge is 0.244 e. The molecule has 1 aliphatic rings. The summed E-state index contributed by atoms with van der Waals surface area (Å²) in [6, 6.07) is 3.73. The predicted molar refractivity (Wildman–Crippen MR) is 89.5 cm³/mol. The minimum Gasteiger partial charge on any atom is -0.385 e. The van der Waals surface area contributed by atoms with Crippen LogP contribution in [-0.4, -0.2) is 50.2 Å². The summed E-state index contributed by atoms with van der Waals surface area (Å²) in [6.45, 7) is 3.62. The fourth-order valence-electron chi connectivity index (χ4n) is 2.81. The highest BCUT2D eigenvalue weighted by atomic mass is 19.1. The fraction of sp³-hybridized carbons (Fsp3) is 0.500. The highest BCUT2D eigenvalue weighted by Gasteiger charge is 2.19. The largest absolute Gasteiger partial charge is 0.385 e. The van der Waals surface area contributed by atoms with Gasteiger partial charge in [-0.25, -0.2) is 8.78 Å². The summed E-state index contributed by atoms with van der Waals surface area (Å²) >= 11 is 0. The number of nitrogens with zero attached hydrogens (tertiary/aromatic N) is 1. The second-order valence-electron chi connectivity index (χ2n) is 5.94. The number of piperidine rings is 1. The molecule has 1 amide bonds. The van der Waals surface area contributed by atoms with Crippen molar-refractivity contribution in [3.63, 3.8) is 0 Å². The molecule has 0 atom stereocenters. The van der Waals surface area contributed by atoms with E-state index in [0.717, 1.165) is 45.5 Å². The number of carbonyl (C=O) groups excluding carboxylic acids is 1. The summed E-state index contributed by atoms with van der Waals surface area (Å²) in [5, 5.41) is 2.89. The van der Waals surface area contributed by atoms with Gasteiger partial charge in [-0.15, -0.1) is 0 Å². The SMILES string of the molecule is COCCCN1CCC(NC(=O)C=Cc2c(F)cccc2F)CC1. The van der Waals surface area contributed by atoms with Gasteiger partial charge in [-0.1, -0.05) is 6.07 Å². The van der Waals surface area contributed by atoms with E-state index in [9.17, 15) is 13.6 Å². The second kappa shape index (κ2) is 9.49. The molecule has 0 unspecified atom stereocenters. The monoisotopic (exact) mass is 338 g/mol. The van der Waals surface area contributed by atoms with E-state index in [0.29, 0.717) is 0 Å². The first kappa shape index (κ1) is 18.5. The van der Waals surface area contributed by atoms with Crippen molar-refractivity contribution in [1.82, 2.24) is 10.2 Å². The Morgan fingerprint density at radius 3 is 2.62 bits per heavy atom. The van der Waals surface area contributed by atoms with Crippen molar-refractivity contribution in [3.8, 4) is 0 Å². The van der Waals surface area contributed by atoms with Crippen molar-refractivity contribution in [2.75, 3.05) is 33.4 Å². The molecule has 4 nitrogen and oxygen atoms in total. The first-order valence-electron chi connectivity index (χ1n) is 8.24. The van der Waals surface area contributed by atoms with E-state index in [1.807, 2.05) is 0 Å². The number of hydrogen-bond acceptors (Lipinski definition) is 3. The molecule has 6 heteroatoms. The summed E-state index contributed by atoms with van der Waals surface area (Å²) in [7, 11) is 1.70. The van der Waals surface area contributed by atoms with Crippen LogP contribution >= 0.6 is 0 Å². The minimum absolute atomic E-state index is 0.103. The van der Waals surface area contributed by atoms with Gasteiger partial charge in [0, 0.05) is 51.0 Å². The van der Waals surface area contributed by atoms with Crippen LogP contribution in [0.15, 0.2) is 24.3 Å². The number of hydrogen-bond donors (Lipinski definition) is 1. The van der Waals surface area contributed by atoms with Crippen molar-refractivity contribution in [1.29, 1.82) is 0 Å². The molecule has 1 aromatic rings. The molecular formula is C18H24F2N2O2. The predicted octanol–water partition coefficient (Wildman–Crippen LogP) is 2.60. The lowest BCUT2D eigenvalue weighted by atomic mass is 10.0. The number of halogens is 2. The average Bonchev–Trinajstić information content (AvgIpc) is 2.56. The maximum Gasteiger partial charge on any atom is 0.244 e. The summed E-state index contributed by atoms with van der Waals surface area (Å²) in [5.74, 6) is -1.68. The van der Waals surface area contributed by atoms with Crippen LogP contribution in [0.1, 0.15) is 24.8 Å². The van der Waals surface area contributed by atoms with Gasteiger partial charge >= 0.3 is 0 Å². The normalized spacial score (nSPS) is 16.6. The molecule has 1 heterocycles. The molecule has 0 aliphatic carbocycles. The summed E-state index contributed by atoms with van der Waals surface area (Å²) in [5.41, 5.74) is -0.194. The molecular weight excluding hydrogens is 314 g/mol. The maximum atomic E-state index is 13.5. The number of nitrogens with one attached hydrogen (secondary N) is 1. The van der Waals surface area contributed by atoms with Gasteiger partial charge in [-0.05, 0) is 37.5 Å². The van der Waals surface area contributed by atoms with Gasteiger partial charge in [0.1, 0.15) is 11.6 Å². The van der Waals surface area contributed by atoms with Crippen LogP contribution in [0.3, 0.4) is 0 Å². The fourth-order valence-corrected chi connectivity index (χ4v) is 2.81. The van der Waals surface area contributed by atoms with E-state index in [2.05, 4.69) is 10.2 Å². The molecule has 0 saturated carbocycles. The van der Waals surface area contributed by atoms with Crippen LogP contribution < -0.4 is 5.32 Å². The first-order chi connectivity index (χ1) is 11.6. The zero-order valence-electron chi connectivity index (χ0n) is 13.9. The molecule has 0 bridgehead atoms. The number of benzene rings is 1. The van der Waals surface area contributed by atoms with Crippen LogP contribution in [0.25, 0.3) is 6.08 Å². The molecule has 1 aromatic carbocycles. The number of amides is 1. The Balaban J connectivity index is 1.76. The molecule has 0 spiro atoms. The van der Waals surface area contributed by atoms with Crippen molar-refractivity contribution in [2.24, 2.45) is 0 Å². The Morgan fingerprint density at radius 2 is 2.00 bits per heavy atom. The molecule has 1 N–H and O–H groups in total. The molecule has 1 aliphatic heterocycles. The zero-order valence-corrected chi connectivity index (χ0v) is 13.9. The van der Waals surface area contributed by atoms with Crippen LogP contribution in [0, 0.1) is 11.6 Å². The highest BCUT2D eigenvalue weighted by Crippen LogP contribution is 2.14. The van der Waals surface area contributed by atoms with Gasteiger partial charge in [0.05, 0.1) is 0 Å². The summed E-state index contributed by atoms with van der Waals surface area (Å²) in [4.78, 5) is 14.3. The lowest BCUT2D eigenvalue weighted by molar-refractivity contribution is -0.117. The Bertz CT molecular complexity index is 550. The molecule has 24 heavy (non-hydrogen) atoms. The summed E-state index contributed by atoms with van der Waals surface area (Å²) in [6.07, 6.45) is 5.12. The maximum absolute atomic E-state index is 13.5. The molecule has 1 fully saturated rings. The topological polar surface area (TPSA) is 41.6 Å². The van der Waals surface area contributed by atoms with E-state index in [4.69, 9.17) is 4.74 Å². The number of likely N-dealkylation sites (tertiary alicyclic amines) is 1. The Labute approximate surface area is 141 Å². The van der Waals surface area contributed by atoms with E-state index < -0.39 is 11.6 Å². The lowest BCUT2D eigenvalue weighted by Crippen LogP contribution is -2.44. The van der Waals surface area contributed by atoms with E-state index in [1.54, 1.807) is 7.11 Å². The number of rotatable bonds is 7. The van der Waals surface area contributed by atoms with Gasteiger partial charge in [-0.2, -0.15) is 0 Å². The van der Waals surface area contributed by atoms with Crippen molar-refractivity contribution >= 4 is 12.0 Å². The number of carbonyl (C=O) groups is 1. The molecule has 1 saturated heterocycles. The quantitative estimate of drug-likeness (QED) is 0.614. The summed E-state index contributed by atoms with van der Waals surface area (Å²) < 4.78 is 32.0. The molecule has 0 radical (unpaired) electrons. The van der Waals surface area contributed by atoms with E-state index >= 15 is 0 Å². The van der Waals surface area contributed by atoms with Crippen molar-refractivity contribution in [3.05, 3.63) is 41.5 Å². The van der Waals surface area contributed by atoms with E-state index in [1.165, 1.54) is 30.4 Å². The minimum atomic E-state index is -0.677. The van der Waals surface area contributed by atoms with Crippen LogP contribution in [0.4, 0.5) is 8.78 Å². The average molecular weight is 338 g/mol. The third-order valence-electron chi connectivity index (χ3n) is 4.16. The van der Waals surface area contributed by atoms with Gasteiger partial charge < -0.3 is 15.0 Å². The lowest BCUT2D eigenvalue weighted by Gasteiger charge is -2.32. The van der Waals surface area contributed by atoms with Gasteiger partial charge in [0.25, 0.3) is 0 Å². The van der Waals surface area contributed by atoms with Crippen molar-refractivity contribution < 1.29 is 18.3 Å². The standard InChI is InChI=1S/C18H24F2N2O2/c1-24-13-3-10-22-11-8-14(9-12-22)21-18(23)7-6-15-16(19)4-2-5-17(15)20/h2,4-7,14H,3,8-13H2,1H3,(H,21,23).